The summed E-state index contributed by atoms with van der Waals surface area (Å²) in [5.74, 6) is 1.23. The van der Waals surface area contributed by atoms with Crippen LogP contribution in [0.25, 0.3) is 11.3 Å². The highest BCUT2D eigenvalue weighted by atomic mass is 35.5. The maximum absolute atomic E-state index is 11.7. The molecule has 3 rings (SSSR count). The van der Waals surface area contributed by atoms with Crippen molar-refractivity contribution in [2.45, 2.75) is 45.6 Å². The molecule has 0 amide bonds. The molecule has 33 heavy (non-hydrogen) atoms. The summed E-state index contributed by atoms with van der Waals surface area (Å²) in [6.07, 6.45) is -0.865. The number of hydrogen-bond donors (Lipinski definition) is 0. The number of methoxy groups -OCH3 is 1. The molecule has 0 unspecified atom stereocenters. The van der Waals surface area contributed by atoms with Crippen molar-refractivity contribution in [1.29, 1.82) is 0 Å². The second-order valence-corrected chi connectivity index (χ2v) is 15.2. The largest absolute Gasteiger partial charge is 0.477 e. The molecule has 0 N–H and O–H groups in total. The number of halogens is 2. The minimum atomic E-state index is -1.37. The molecule has 0 aliphatic rings. The van der Waals surface area contributed by atoms with Crippen LogP contribution in [0.3, 0.4) is 0 Å². The van der Waals surface area contributed by atoms with Crippen LogP contribution in [-0.4, -0.2) is 42.2 Å². The van der Waals surface area contributed by atoms with Crippen LogP contribution >= 0.6 is 23.2 Å². The van der Waals surface area contributed by atoms with Gasteiger partial charge in [0.05, 0.1) is 36.5 Å². The highest BCUT2D eigenvalue weighted by Crippen LogP contribution is 2.41. The molecule has 8 nitrogen and oxygen atoms in total. The highest BCUT2D eigenvalue weighted by Gasteiger charge is 2.25. The SMILES string of the molecule is COC(=O)[C@H](C)Oc1cc(Oc2c(-c3cc(C[Si](C)(C)C)on3)c(C)nn2C)c(Cl)cc1Cl. The van der Waals surface area contributed by atoms with Gasteiger partial charge in [0.25, 0.3) is 0 Å². The van der Waals surface area contributed by atoms with Crippen LogP contribution in [0.15, 0.2) is 22.7 Å². The summed E-state index contributed by atoms with van der Waals surface area (Å²) in [6.45, 7) is 10.2. The Labute approximate surface area is 203 Å². The fourth-order valence-electron chi connectivity index (χ4n) is 3.27. The van der Waals surface area contributed by atoms with Gasteiger partial charge in [-0.3, -0.25) is 0 Å². The van der Waals surface area contributed by atoms with Crippen LogP contribution in [0.1, 0.15) is 18.4 Å². The first kappa shape index (κ1) is 25.1. The molecule has 2 aromatic heterocycles. The van der Waals surface area contributed by atoms with E-state index in [1.165, 1.54) is 19.2 Å². The lowest BCUT2D eigenvalue weighted by atomic mass is 10.2. The summed E-state index contributed by atoms with van der Waals surface area (Å²) < 4.78 is 23.7. The zero-order valence-corrected chi connectivity index (χ0v) is 22.2. The minimum Gasteiger partial charge on any atom is -0.477 e. The Morgan fingerprint density at radius 1 is 1.18 bits per heavy atom. The van der Waals surface area contributed by atoms with E-state index in [0.29, 0.717) is 17.1 Å². The number of aryl methyl sites for hydroxylation is 2. The van der Waals surface area contributed by atoms with E-state index in [-0.39, 0.29) is 21.5 Å². The molecule has 178 valence electrons. The first-order chi connectivity index (χ1) is 15.4. The van der Waals surface area contributed by atoms with Crippen molar-refractivity contribution in [1.82, 2.24) is 14.9 Å². The molecule has 0 aliphatic carbocycles. The number of hydrogen-bond acceptors (Lipinski definition) is 7. The van der Waals surface area contributed by atoms with E-state index in [0.717, 1.165) is 17.5 Å². The molecule has 1 atom stereocenters. The van der Waals surface area contributed by atoms with E-state index >= 15 is 0 Å². The highest BCUT2D eigenvalue weighted by molar-refractivity contribution is 6.75. The van der Waals surface area contributed by atoms with Crippen LogP contribution < -0.4 is 9.47 Å². The third-order valence-corrected chi connectivity index (χ3v) is 6.72. The second kappa shape index (κ2) is 9.78. The lowest BCUT2D eigenvalue weighted by Gasteiger charge is -2.16. The van der Waals surface area contributed by atoms with E-state index in [1.807, 2.05) is 13.0 Å². The molecule has 11 heteroatoms. The summed E-state index contributed by atoms with van der Waals surface area (Å²) in [5, 5.41) is 9.23. The third kappa shape index (κ3) is 5.90. The molecule has 0 aliphatic heterocycles. The predicted octanol–water partition coefficient (Wildman–Crippen LogP) is 5.84. The van der Waals surface area contributed by atoms with Crippen LogP contribution in [0, 0.1) is 6.92 Å². The molecule has 0 radical (unpaired) electrons. The number of ether oxygens (including phenoxy) is 3. The number of aromatic nitrogens is 3. The number of carbonyl (C=O) groups is 1. The molecule has 0 fully saturated rings. The van der Waals surface area contributed by atoms with Crippen molar-refractivity contribution in [3.8, 4) is 28.6 Å². The van der Waals surface area contributed by atoms with E-state index < -0.39 is 20.1 Å². The topological polar surface area (TPSA) is 88.6 Å². The lowest BCUT2D eigenvalue weighted by Crippen LogP contribution is -2.25. The van der Waals surface area contributed by atoms with Gasteiger partial charge in [-0.1, -0.05) is 48.0 Å². The maximum atomic E-state index is 11.7. The summed E-state index contributed by atoms with van der Waals surface area (Å²) >= 11 is 12.7. The number of nitrogens with zero attached hydrogens (tertiary/aromatic N) is 3. The van der Waals surface area contributed by atoms with Gasteiger partial charge in [0.1, 0.15) is 17.2 Å². The third-order valence-electron chi connectivity index (χ3n) is 4.72. The van der Waals surface area contributed by atoms with Gasteiger partial charge in [-0.25, -0.2) is 9.48 Å². The van der Waals surface area contributed by atoms with Crippen molar-refractivity contribution >= 4 is 37.2 Å². The summed E-state index contributed by atoms with van der Waals surface area (Å²) in [7, 11) is 1.67. The maximum Gasteiger partial charge on any atom is 0.346 e. The van der Waals surface area contributed by atoms with Crippen molar-refractivity contribution in [3.63, 3.8) is 0 Å². The monoisotopic (exact) mass is 511 g/mol. The normalized spacial score (nSPS) is 12.5. The van der Waals surface area contributed by atoms with Gasteiger partial charge in [-0.2, -0.15) is 5.10 Å². The van der Waals surface area contributed by atoms with E-state index in [9.17, 15) is 4.79 Å². The average Bonchev–Trinajstić information content (AvgIpc) is 3.26. The van der Waals surface area contributed by atoms with Gasteiger partial charge in [-0.05, 0) is 19.9 Å². The van der Waals surface area contributed by atoms with Crippen molar-refractivity contribution < 1.29 is 23.5 Å². The Kier molecular flexibility index (Phi) is 7.45. The Balaban J connectivity index is 1.96. The Bertz CT molecular complexity index is 1170. The number of rotatable bonds is 8. The predicted molar refractivity (Wildman–Crippen MR) is 129 cm³/mol. The average molecular weight is 512 g/mol. The minimum absolute atomic E-state index is 0.230. The van der Waals surface area contributed by atoms with Gasteiger partial charge in [0.2, 0.25) is 5.88 Å². The quantitative estimate of drug-likeness (QED) is 0.277. The van der Waals surface area contributed by atoms with Crippen molar-refractivity contribution in [2.24, 2.45) is 7.05 Å². The molecular formula is C22H27Cl2N3O5Si. The smallest absolute Gasteiger partial charge is 0.346 e. The van der Waals surface area contributed by atoms with Gasteiger partial charge >= 0.3 is 5.97 Å². The molecule has 0 saturated carbocycles. The standard InChI is InChI=1S/C22H27Cl2N3O5Si/c1-12-20(17-8-14(32-26-17)11-33(5,6)7)21(27(3)25-12)31-19-10-18(15(23)9-16(19)24)30-13(2)22(28)29-4/h8-10,13H,11H2,1-7H3/t13-/m0/s1. The summed E-state index contributed by atoms with van der Waals surface area (Å²) in [4.78, 5) is 11.7. The zero-order chi connectivity index (χ0) is 24.5. The molecule has 0 saturated heterocycles. The molecular weight excluding hydrogens is 485 g/mol. The molecule has 0 spiro atoms. The zero-order valence-electron chi connectivity index (χ0n) is 19.7. The fraction of sp³-hybridized carbons (Fsp3) is 0.409. The van der Waals surface area contributed by atoms with E-state index in [1.54, 1.807) is 18.7 Å². The van der Waals surface area contributed by atoms with Crippen LogP contribution in [0.2, 0.25) is 29.7 Å². The molecule has 3 aromatic rings. The van der Waals surface area contributed by atoms with Crippen LogP contribution in [0.4, 0.5) is 0 Å². The Hall–Kier alpha value is -2.49. The van der Waals surface area contributed by atoms with Gasteiger partial charge in [0.15, 0.2) is 11.9 Å². The first-order valence-electron chi connectivity index (χ1n) is 10.3. The number of carbonyl (C=O) groups excluding carboxylic acids is 1. The van der Waals surface area contributed by atoms with E-state index in [2.05, 4.69) is 29.9 Å². The number of esters is 1. The number of benzene rings is 1. The summed E-state index contributed by atoms with van der Waals surface area (Å²) in [5.41, 5.74) is 2.05. The van der Waals surface area contributed by atoms with Crippen LogP contribution in [0.5, 0.6) is 17.4 Å². The first-order valence-corrected chi connectivity index (χ1v) is 14.8. The van der Waals surface area contributed by atoms with E-state index in [4.69, 9.17) is 41.9 Å². The Morgan fingerprint density at radius 3 is 2.48 bits per heavy atom. The molecule has 2 heterocycles. The van der Waals surface area contributed by atoms with Crippen LogP contribution in [-0.2, 0) is 22.6 Å². The lowest BCUT2D eigenvalue weighted by molar-refractivity contribution is -0.147. The molecule has 1 aromatic carbocycles. The molecule has 0 bridgehead atoms. The van der Waals surface area contributed by atoms with Gasteiger partial charge < -0.3 is 18.7 Å². The van der Waals surface area contributed by atoms with Crippen molar-refractivity contribution in [2.75, 3.05) is 7.11 Å². The van der Waals surface area contributed by atoms with Gasteiger partial charge in [-0.15, -0.1) is 0 Å². The Morgan fingerprint density at radius 2 is 1.85 bits per heavy atom. The van der Waals surface area contributed by atoms with Crippen molar-refractivity contribution in [3.05, 3.63) is 39.7 Å². The second-order valence-electron chi connectivity index (χ2n) is 8.90. The fourth-order valence-corrected chi connectivity index (χ4v) is 4.95. The van der Waals surface area contributed by atoms with Gasteiger partial charge in [0, 0.05) is 25.2 Å². The summed E-state index contributed by atoms with van der Waals surface area (Å²) in [6, 6.07) is 5.81.